The molecule has 1 atom stereocenters. The number of carbonyl (C=O) groups excluding carboxylic acids is 1. The molecule has 0 saturated heterocycles. The third kappa shape index (κ3) is 3.07. The van der Waals surface area contributed by atoms with Crippen LogP contribution in [0.5, 0.6) is 0 Å². The molecule has 0 aromatic heterocycles. The molecule has 1 aromatic rings. The third-order valence-corrected chi connectivity index (χ3v) is 4.00. The van der Waals surface area contributed by atoms with Crippen LogP contribution in [0.25, 0.3) is 0 Å². The molecule has 0 aliphatic carbocycles. The highest BCUT2D eigenvalue weighted by molar-refractivity contribution is 6.42. The van der Waals surface area contributed by atoms with Crippen molar-refractivity contribution in [1.29, 1.82) is 0 Å². The van der Waals surface area contributed by atoms with Gasteiger partial charge >= 0.3 is 5.97 Å². The van der Waals surface area contributed by atoms with E-state index in [0.29, 0.717) is 23.6 Å². The lowest BCUT2D eigenvalue weighted by Gasteiger charge is -2.37. The molecule has 0 spiro atoms. The molecule has 0 saturated carbocycles. The van der Waals surface area contributed by atoms with Crippen molar-refractivity contribution in [1.82, 2.24) is 4.90 Å². The van der Waals surface area contributed by atoms with Crippen molar-refractivity contribution in [2.24, 2.45) is 0 Å². The van der Waals surface area contributed by atoms with E-state index in [0.717, 1.165) is 0 Å². The number of halogens is 2. The van der Waals surface area contributed by atoms with Gasteiger partial charge < -0.3 is 10.0 Å². The van der Waals surface area contributed by atoms with Crippen molar-refractivity contribution in [2.75, 3.05) is 6.54 Å². The fraction of sp³-hybridized carbons (Fsp3) is 0.429. The minimum atomic E-state index is -1.48. The molecule has 6 heteroatoms. The molecule has 1 rings (SSSR count). The number of aliphatic carboxylic acids is 1. The molecule has 0 heterocycles. The topological polar surface area (TPSA) is 57.6 Å². The Morgan fingerprint density at radius 2 is 1.90 bits per heavy atom. The average molecular weight is 318 g/mol. The first-order valence-corrected chi connectivity index (χ1v) is 6.97. The predicted molar refractivity (Wildman–Crippen MR) is 79.1 cm³/mol. The Morgan fingerprint density at radius 3 is 2.30 bits per heavy atom. The highest BCUT2D eigenvalue weighted by atomic mass is 35.5. The summed E-state index contributed by atoms with van der Waals surface area (Å²) in [7, 11) is 0. The van der Waals surface area contributed by atoms with Crippen LogP contribution in [0.15, 0.2) is 18.2 Å². The molecule has 0 radical (unpaired) electrons. The van der Waals surface area contributed by atoms with Crippen LogP contribution in [-0.4, -0.2) is 28.4 Å². The second kappa shape index (κ2) is 6.46. The fourth-order valence-corrected chi connectivity index (χ4v) is 2.41. The average Bonchev–Trinajstić information content (AvgIpc) is 2.37. The number of hydrogen-bond acceptors (Lipinski definition) is 2. The minimum absolute atomic E-state index is 0.261. The van der Waals surface area contributed by atoms with E-state index in [1.54, 1.807) is 6.07 Å². The van der Waals surface area contributed by atoms with Gasteiger partial charge in [-0.1, -0.05) is 36.2 Å². The zero-order valence-electron chi connectivity index (χ0n) is 11.6. The minimum Gasteiger partial charge on any atom is -0.479 e. The van der Waals surface area contributed by atoms with E-state index in [2.05, 4.69) is 0 Å². The van der Waals surface area contributed by atoms with Crippen LogP contribution in [0.2, 0.25) is 10.0 Å². The number of hydrogen-bond donors (Lipinski definition) is 1. The first kappa shape index (κ1) is 16.8. The first-order valence-electron chi connectivity index (χ1n) is 6.22. The number of rotatable bonds is 5. The maximum Gasteiger partial charge on any atom is 0.334 e. The Morgan fingerprint density at radius 1 is 1.30 bits per heavy atom. The van der Waals surface area contributed by atoms with Gasteiger partial charge in [0.05, 0.1) is 10.0 Å². The van der Waals surface area contributed by atoms with Gasteiger partial charge in [0.1, 0.15) is 0 Å². The van der Waals surface area contributed by atoms with Crippen molar-refractivity contribution in [2.45, 2.75) is 32.7 Å². The summed E-state index contributed by atoms with van der Waals surface area (Å²) in [5.74, 6) is -1.41. The van der Waals surface area contributed by atoms with Gasteiger partial charge in [0.15, 0.2) is 5.54 Å². The zero-order valence-corrected chi connectivity index (χ0v) is 13.1. The monoisotopic (exact) mass is 317 g/mol. The van der Waals surface area contributed by atoms with Gasteiger partial charge in [-0.3, -0.25) is 4.79 Å². The first-order chi connectivity index (χ1) is 9.25. The van der Waals surface area contributed by atoms with E-state index >= 15 is 0 Å². The fourth-order valence-electron chi connectivity index (χ4n) is 2.11. The van der Waals surface area contributed by atoms with Gasteiger partial charge in [-0.05, 0) is 31.0 Å². The Bertz CT molecular complexity index is 533. The number of benzene rings is 1. The van der Waals surface area contributed by atoms with Gasteiger partial charge in [-0.2, -0.15) is 0 Å². The van der Waals surface area contributed by atoms with Gasteiger partial charge in [-0.25, -0.2) is 4.79 Å². The third-order valence-electron chi connectivity index (χ3n) is 3.27. The maximum absolute atomic E-state index is 11.8. The zero-order chi connectivity index (χ0) is 15.5. The summed E-state index contributed by atoms with van der Waals surface area (Å²) < 4.78 is 0. The van der Waals surface area contributed by atoms with Crippen LogP contribution < -0.4 is 0 Å². The van der Waals surface area contributed by atoms with Crippen LogP contribution in [-0.2, 0) is 15.1 Å². The standard InChI is InChI=1S/C14H17Cl2NO3/c1-4-7-17(9(2)18)14(3,13(19)20)10-5-6-11(15)12(16)8-10/h5-6,8H,4,7H2,1-3H3,(H,19,20). The van der Waals surface area contributed by atoms with E-state index in [1.807, 2.05) is 6.92 Å². The molecule has 1 N–H and O–H groups in total. The van der Waals surface area contributed by atoms with Gasteiger partial charge in [0, 0.05) is 13.5 Å². The quantitative estimate of drug-likeness (QED) is 0.903. The predicted octanol–water partition coefficient (Wildman–Crippen LogP) is 3.55. The molecule has 0 aliphatic heterocycles. The summed E-state index contributed by atoms with van der Waals surface area (Å²) in [6, 6.07) is 4.60. The van der Waals surface area contributed by atoms with Crippen LogP contribution in [0.3, 0.4) is 0 Å². The van der Waals surface area contributed by atoms with Crippen molar-refractivity contribution >= 4 is 35.1 Å². The van der Waals surface area contributed by atoms with E-state index in [-0.39, 0.29) is 10.9 Å². The van der Waals surface area contributed by atoms with Crippen LogP contribution >= 0.6 is 23.2 Å². The van der Waals surface area contributed by atoms with Crippen LogP contribution in [0.4, 0.5) is 0 Å². The lowest BCUT2D eigenvalue weighted by molar-refractivity contribution is -0.158. The molecular weight excluding hydrogens is 301 g/mol. The maximum atomic E-state index is 11.8. The van der Waals surface area contributed by atoms with Crippen molar-refractivity contribution in [3.05, 3.63) is 33.8 Å². The summed E-state index contributed by atoms with van der Waals surface area (Å²) in [6.07, 6.45) is 0.657. The summed E-state index contributed by atoms with van der Waals surface area (Å²) in [4.78, 5) is 24.9. The molecule has 110 valence electrons. The molecule has 1 aromatic carbocycles. The normalized spacial score (nSPS) is 13.7. The lowest BCUT2D eigenvalue weighted by atomic mass is 9.89. The van der Waals surface area contributed by atoms with Crippen LogP contribution in [0, 0.1) is 0 Å². The van der Waals surface area contributed by atoms with Gasteiger partial charge in [0.25, 0.3) is 0 Å². The summed E-state index contributed by atoms with van der Waals surface area (Å²) in [6.45, 7) is 5.08. The van der Waals surface area contributed by atoms with Crippen molar-refractivity contribution < 1.29 is 14.7 Å². The van der Waals surface area contributed by atoms with Crippen molar-refractivity contribution in [3.8, 4) is 0 Å². The highest BCUT2D eigenvalue weighted by Gasteiger charge is 2.42. The lowest BCUT2D eigenvalue weighted by Crippen LogP contribution is -2.52. The number of amides is 1. The number of carbonyl (C=O) groups is 2. The second-order valence-corrected chi connectivity index (χ2v) is 5.49. The Balaban J connectivity index is 3.43. The Kier molecular flexibility index (Phi) is 5.42. The molecule has 4 nitrogen and oxygen atoms in total. The summed E-state index contributed by atoms with van der Waals surface area (Å²) in [5, 5.41) is 10.2. The van der Waals surface area contributed by atoms with Gasteiger partial charge in [-0.15, -0.1) is 0 Å². The summed E-state index contributed by atoms with van der Waals surface area (Å²) >= 11 is 11.8. The number of carboxylic acid groups (broad SMARTS) is 1. The second-order valence-electron chi connectivity index (χ2n) is 4.68. The molecule has 0 aliphatic rings. The van der Waals surface area contributed by atoms with E-state index in [1.165, 1.54) is 30.9 Å². The van der Waals surface area contributed by atoms with Gasteiger partial charge in [0.2, 0.25) is 5.91 Å². The molecule has 1 amide bonds. The highest BCUT2D eigenvalue weighted by Crippen LogP contribution is 2.33. The molecule has 20 heavy (non-hydrogen) atoms. The SMILES string of the molecule is CCCN(C(C)=O)C(C)(C(=O)O)c1ccc(Cl)c(Cl)c1. The molecule has 1 unspecified atom stereocenters. The van der Waals surface area contributed by atoms with E-state index in [4.69, 9.17) is 23.2 Å². The van der Waals surface area contributed by atoms with Crippen molar-refractivity contribution in [3.63, 3.8) is 0 Å². The van der Waals surface area contributed by atoms with E-state index in [9.17, 15) is 14.7 Å². The van der Waals surface area contributed by atoms with Crippen LogP contribution in [0.1, 0.15) is 32.8 Å². The van der Waals surface area contributed by atoms with E-state index < -0.39 is 11.5 Å². The number of carboxylic acids is 1. The Hall–Kier alpha value is -1.26. The Labute approximate surface area is 128 Å². The largest absolute Gasteiger partial charge is 0.479 e. The smallest absolute Gasteiger partial charge is 0.334 e. The molecular formula is C14H17Cl2NO3. The molecule has 0 fully saturated rings. The number of nitrogens with zero attached hydrogens (tertiary/aromatic N) is 1. The molecule has 0 bridgehead atoms. The summed E-state index contributed by atoms with van der Waals surface area (Å²) in [5.41, 5.74) is -1.06.